The molecule has 3 aromatic rings. The van der Waals surface area contributed by atoms with E-state index < -0.39 is 0 Å². The molecule has 0 saturated heterocycles. The predicted molar refractivity (Wildman–Crippen MR) is 95.5 cm³/mol. The molecule has 1 atom stereocenters. The Labute approximate surface area is 144 Å². The van der Waals surface area contributed by atoms with E-state index in [1.807, 2.05) is 31.2 Å². The van der Waals surface area contributed by atoms with Gasteiger partial charge >= 0.3 is 0 Å². The Morgan fingerprint density at radius 1 is 1.04 bits per heavy atom. The standard InChI is InChI=1S/C19H16N2O2S/c1-13(18(23)21-19-20-10-11-24-19)15-8-5-9-16(12-15)17(22)14-6-3-2-4-7-14/h2-13H,1H3,(H,20,21,23)/t13-/m0/s1. The lowest BCUT2D eigenvalue weighted by Gasteiger charge is -2.12. The zero-order valence-corrected chi connectivity index (χ0v) is 13.9. The van der Waals surface area contributed by atoms with E-state index in [9.17, 15) is 9.59 Å². The van der Waals surface area contributed by atoms with E-state index in [2.05, 4.69) is 10.3 Å². The molecule has 0 aliphatic heterocycles. The number of aromatic nitrogens is 1. The molecule has 0 aliphatic carbocycles. The van der Waals surface area contributed by atoms with Gasteiger partial charge in [-0.3, -0.25) is 9.59 Å². The van der Waals surface area contributed by atoms with Gasteiger partial charge < -0.3 is 5.32 Å². The van der Waals surface area contributed by atoms with Crippen LogP contribution in [-0.2, 0) is 4.79 Å². The summed E-state index contributed by atoms with van der Waals surface area (Å²) < 4.78 is 0. The zero-order chi connectivity index (χ0) is 16.9. The summed E-state index contributed by atoms with van der Waals surface area (Å²) in [7, 11) is 0. The summed E-state index contributed by atoms with van der Waals surface area (Å²) in [6.45, 7) is 1.81. The molecule has 4 nitrogen and oxygen atoms in total. The number of ketones is 1. The maximum Gasteiger partial charge on any atom is 0.233 e. The van der Waals surface area contributed by atoms with Gasteiger partial charge in [0.05, 0.1) is 5.92 Å². The summed E-state index contributed by atoms with van der Waals surface area (Å²) in [6.07, 6.45) is 1.64. The summed E-state index contributed by atoms with van der Waals surface area (Å²) in [5.74, 6) is -0.573. The number of hydrogen-bond acceptors (Lipinski definition) is 4. The number of carbonyl (C=O) groups is 2. The largest absolute Gasteiger partial charge is 0.301 e. The highest BCUT2D eigenvalue weighted by atomic mass is 32.1. The lowest BCUT2D eigenvalue weighted by atomic mass is 9.95. The Kier molecular flexibility index (Phi) is 4.82. The first-order valence-electron chi connectivity index (χ1n) is 7.55. The van der Waals surface area contributed by atoms with Crippen LogP contribution in [0.1, 0.15) is 34.3 Å². The minimum Gasteiger partial charge on any atom is -0.301 e. The van der Waals surface area contributed by atoms with Gasteiger partial charge in [-0.25, -0.2) is 4.98 Å². The molecule has 0 spiro atoms. The first-order valence-corrected chi connectivity index (χ1v) is 8.43. The minimum absolute atomic E-state index is 0.0509. The van der Waals surface area contributed by atoms with E-state index in [1.165, 1.54) is 11.3 Å². The topological polar surface area (TPSA) is 59.1 Å². The van der Waals surface area contributed by atoms with Gasteiger partial charge in [0.2, 0.25) is 5.91 Å². The van der Waals surface area contributed by atoms with Crippen LogP contribution in [0.5, 0.6) is 0 Å². The average Bonchev–Trinajstić information content (AvgIpc) is 3.14. The van der Waals surface area contributed by atoms with Gasteiger partial charge in [0, 0.05) is 22.7 Å². The van der Waals surface area contributed by atoms with Gasteiger partial charge in [0.15, 0.2) is 10.9 Å². The quantitative estimate of drug-likeness (QED) is 0.713. The Balaban J connectivity index is 1.79. The fourth-order valence-corrected chi connectivity index (χ4v) is 2.89. The lowest BCUT2D eigenvalue weighted by molar-refractivity contribution is -0.117. The number of benzene rings is 2. The molecule has 1 heterocycles. The smallest absolute Gasteiger partial charge is 0.233 e. The van der Waals surface area contributed by atoms with Crippen LogP contribution in [0.3, 0.4) is 0 Å². The summed E-state index contributed by atoms with van der Waals surface area (Å²) in [5, 5.41) is 5.16. The number of nitrogens with one attached hydrogen (secondary N) is 1. The van der Waals surface area contributed by atoms with Crippen molar-refractivity contribution in [1.29, 1.82) is 0 Å². The fourth-order valence-electron chi connectivity index (χ4n) is 2.36. The van der Waals surface area contributed by atoms with Gasteiger partial charge in [0.1, 0.15) is 0 Å². The second kappa shape index (κ2) is 7.19. The van der Waals surface area contributed by atoms with E-state index in [0.717, 1.165) is 5.56 Å². The molecule has 0 bridgehead atoms. The van der Waals surface area contributed by atoms with Crippen molar-refractivity contribution in [2.75, 3.05) is 5.32 Å². The van der Waals surface area contributed by atoms with Crippen molar-refractivity contribution in [2.24, 2.45) is 0 Å². The predicted octanol–water partition coefficient (Wildman–Crippen LogP) is 4.12. The fraction of sp³-hybridized carbons (Fsp3) is 0.105. The van der Waals surface area contributed by atoms with Crippen molar-refractivity contribution in [3.05, 3.63) is 82.9 Å². The molecular formula is C19H16N2O2S. The van der Waals surface area contributed by atoms with Gasteiger partial charge in [-0.2, -0.15) is 0 Å². The molecule has 0 unspecified atom stereocenters. The number of carbonyl (C=O) groups excluding carboxylic acids is 2. The Morgan fingerprint density at radius 2 is 1.79 bits per heavy atom. The summed E-state index contributed by atoms with van der Waals surface area (Å²) in [5.41, 5.74) is 2.01. The van der Waals surface area contributed by atoms with Gasteiger partial charge in [-0.1, -0.05) is 48.5 Å². The van der Waals surface area contributed by atoms with Gasteiger partial charge in [-0.15, -0.1) is 11.3 Å². The minimum atomic E-state index is -0.377. The molecule has 0 saturated carbocycles. The Morgan fingerprint density at radius 3 is 2.50 bits per heavy atom. The number of hydrogen-bond donors (Lipinski definition) is 1. The lowest BCUT2D eigenvalue weighted by Crippen LogP contribution is -2.19. The molecule has 3 rings (SSSR count). The molecule has 1 amide bonds. The van der Waals surface area contributed by atoms with E-state index in [-0.39, 0.29) is 17.6 Å². The molecule has 0 radical (unpaired) electrons. The third-order valence-corrected chi connectivity index (χ3v) is 4.43. The SMILES string of the molecule is C[C@H](C(=O)Nc1nccs1)c1cccc(C(=O)c2ccccc2)c1. The van der Waals surface area contributed by atoms with E-state index in [4.69, 9.17) is 0 Å². The summed E-state index contributed by atoms with van der Waals surface area (Å²) >= 11 is 1.37. The van der Waals surface area contributed by atoms with Crippen molar-refractivity contribution in [2.45, 2.75) is 12.8 Å². The molecule has 1 aromatic heterocycles. The molecular weight excluding hydrogens is 320 g/mol. The van der Waals surface area contributed by atoms with Crippen molar-refractivity contribution in [3.8, 4) is 0 Å². The average molecular weight is 336 g/mol. The van der Waals surface area contributed by atoms with E-state index >= 15 is 0 Å². The maximum absolute atomic E-state index is 12.5. The number of nitrogens with zero attached hydrogens (tertiary/aromatic N) is 1. The van der Waals surface area contributed by atoms with Crippen molar-refractivity contribution < 1.29 is 9.59 Å². The molecule has 120 valence electrons. The third-order valence-electron chi connectivity index (χ3n) is 3.74. The molecule has 5 heteroatoms. The van der Waals surface area contributed by atoms with Crippen LogP contribution >= 0.6 is 11.3 Å². The number of rotatable bonds is 5. The highest BCUT2D eigenvalue weighted by Crippen LogP contribution is 2.21. The third kappa shape index (κ3) is 3.58. The monoisotopic (exact) mass is 336 g/mol. The van der Waals surface area contributed by atoms with Crippen LogP contribution in [0.4, 0.5) is 5.13 Å². The van der Waals surface area contributed by atoms with E-state index in [0.29, 0.717) is 16.3 Å². The maximum atomic E-state index is 12.5. The van der Waals surface area contributed by atoms with Crippen molar-refractivity contribution in [3.63, 3.8) is 0 Å². The highest BCUT2D eigenvalue weighted by molar-refractivity contribution is 7.13. The zero-order valence-electron chi connectivity index (χ0n) is 13.1. The molecule has 2 aromatic carbocycles. The number of thiazole rings is 1. The van der Waals surface area contributed by atoms with Crippen LogP contribution in [0.2, 0.25) is 0 Å². The van der Waals surface area contributed by atoms with Crippen molar-refractivity contribution >= 4 is 28.2 Å². The normalized spacial score (nSPS) is 11.7. The first-order chi connectivity index (χ1) is 11.6. The molecule has 0 fully saturated rings. The first kappa shape index (κ1) is 16.1. The molecule has 1 N–H and O–H groups in total. The van der Waals surface area contributed by atoms with Crippen LogP contribution < -0.4 is 5.32 Å². The van der Waals surface area contributed by atoms with Gasteiger partial charge in [-0.05, 0) is 18.6 Å². The number of amides is 1. The Bertz CT molecular complexity index is 845. The van der Waals surface area contributed by atoms with Crippen LogP contribution in [0.15, 0.2) is 66.2 Å². The van der Waals surface area contributed by atoms with Crippen LogP contribution in [0, 0.1) is 0 Å². The summed E-state index contributed by atoms with van der Waals surface area (Å²) in [6, 6.07) is 16.3. The van der Waals surface area contributed by atoms with Crippen LogP contribution in [0.25, 0.3) is 0 Å². The van der Waals surface area contributed by atoms with Gasteiger partial charge in [0.25, 0.3) is 0 Å². The highest BCUT2D eigenvalue weighted by Gasteiger charge is 2.18. The molecule has 24 heavy (non-hydrogen) atoms. The van der Waals surface area contributed by atoms with Crippen LogP contribution in [-0.4, -0.2) is 16.7 Å². The summed E-state index contributed by atoms with van der Waals surface area (Å²) in [4.78, 5) is 28.9. The number of anilines is 1. The van der Waals surface area contributed by atoms with Crippen molar-refractivity contribution in [1.82, 2.24) is 4.98 Å². The Hall–Kier alpha value is -2.79. The van der Waals surface area contributed by atoms with E-state index in [1.54, 1.807) is 41.9 Å². The molecule has 0 aliphatic rings. The second-order valence-electron chi connectivity index (χ2n) is 5.37. The second-order valence-corrected chi connectivity index (χ2v) is 6.26.